The Bertz CT molecular complexity index is 1190. The van der Waals surface area contributed by atoms with Crippen molar-refractivity contribution in [1.82, 2.24) is 25.1 Å². The number of aromatic nitrogens is 5. The molecule has 3 N–H and O–H groups in total. The molecule has 8 nitrogen and oxygen atoms in total. The van der Waals surface area contributed by atoms with E-state index >= 15 is 0 Å². The zero-order chi connectivity index (χ0) is 20.5. The van der Waals surface area contributed by atoms with Crippen LogP contribution in [0.4, 0.5) is 5.69 Å². The van der Waals surface area contributed by atoms with Gasteiger partial charge in [0, 0.05) is 40.2 Å². The number of carbonyl (C=O) groups excluding carboxylic acids is 1. The molecule has 0 aromatic carbocycles. The van der Waals surface area contributed by atoms with Gasteiger partial charge < -0.3 is 15.0 Å². The molecule has 4 aromatic heterocycles. The lowest BCUT2D eigenvalue weighted by molar-refractivity contribution is 0.102. The van der Waals surface area contributed by atoms with Gasteiger partial charge in [0.05, 0.1) is 18.0 Å². The lowest BCUT2D eigenvalue weighted by atomic mass is 10.2. The molecule has 0 radical (unpaired) electrons. The van der Waals surface area contributed by atoms with Crippen molar-refractivity contribution in [2.24, 2.45) is 0 Å². The fourth-order valence-corrected chi connectivity index (χ4v) is 3.02. The maximum absolute atomic E-state index is 12.5. The minimum absolute atomic E-state index is 0.0511. The molecule has 4 heterocycles. The first-order chi connectivity index (χ1) is 13.9. The quantitative estimate of drug-likeness (QED) is 0.477. The predicted octanol–water partition coefficient (Wildman–Crippen LogP) is 4.00. The monoisotopic (exact) mass is 390 g/mol. The summed E-state index contributed by atoms with van der Waals surface area (Å²) in [5.74, 6) is 0.301. The van der Waals surface area contributed by atoms with Crippen LogP contribution in [0.5, 0.6) is 5.88 Å². The van der Waals surface area contributed by atoms with Gasteiger partial charge in [0.1, 0.15) is 5.65 Å². The average molecular weight is 390 g/mol. The third-order valence-corrected chi connectivity index (χ3v) is 4.60. The minimum Gasteiger partial charge on any atom is -0.475 e. The van der Waals surface area contributed by atoms with Crippen LogP contribution < -0.4 is 10.1 Å². The molecule has 148 valence electrons. The van der Waals surface area contributed by atoms with E-state index in [1.165, 1.54) is 0 Å². The molecule has 0 atom stereocenters. The summed E-state index contributed by atoms with van der Waals surface area (Å²) < 4.78 is 5.67. The van der Waals surface area contributed by atoms with E-state index in [0.29, 0.717) is 17.3 Å². The number of fused-ring (bicyclic) bond motifs is 1. The molecule has 0 saturated carbocycles. The summed E-state index contributed by atoms with van der Waals surface area (Å²) >= 11 is 0. The van der Waals surface area contributed by atoms with E-state index in [-0.39, 0.29) is 12.0 Å². The number of ether oxygens (including phenoxy) is 1. The number of hydrogen-bond donors (Lipinski definition) is 3. The number of H-pyrrole nitrogens is 2. The Kier molecular flexibility index (Phi) is 4.75. The lowest BCUT2D eigenvalue weighted by Gasteiger charge is -2.08. The van der Waals surface area contributed by atoms with Gasteiger partial charge in [-0.2, -0.15) is 5.10 Å². The topological polar surface area (TPSA) is 109 Å². The van der Waals surface area contributed by atoms with Crippen molar-refractivity contribution in [3.63, 3.8) is 0 Å². The standard InChI is InChI=1S/C21H22N6O2/c1-11(2)29-18-9-14(5-6-22-18)17-8-15-7-16(10-23-20(15)25-17)24-21(28)19-12(3)13(4)26-27-19/h5-11H,1-4H3,(H,23,25)(H,24,28)(H,26,27). The van der Waals surface area contributed by atoms with Crippen molar-refractivity contribution in [2.75, 3.05) is 5.32 Å². The number of amides is 1. The molecule has 4 rings (SSSR count). The highest BCUT2D eigenvalue weighted by Crippen LogP contribution is 2.27. The molecule has 1 amide bonds. The molecule has 0 fully saturated rings. The average Bonchev–Trinajstić information content (AvgIpc) is 3.25. The zero-order valence-electron chi connectivity index (χ0n) is 16.7. The van der Waals surface area contributed by atoms with Crippen LogP contribution in [0.15, 0.2) is 36.7 Å². The molecule has 0 aliphatic rings. The molecule has 8 heteroatoms. The molecule has 0 aliphatic carbocycles. The maximum Gasteiger partial charge on any atom is 0.276 e. The third kappa shape index (κ3) is 3.82. The molecule has 0 aliphatic heterocycles. The number of pyridine rings is 2. The number of carbonyl (C=O) groups is 1. The third-order valence-electron chi connectivity index (χ3n) is 4.60. The first-order valence-corrected chi connectivity index (χ1v) is 9.35. The largest absolute Gasteiger partial charge is 0.475 e. The fraction of sp³-hybridized carbons (Fsp3) is 0.238. The van der Waals surface area contributed by atoms with Crippen LogP contribution in [-0.4, -0.2) is 37.2 Å². The van der Waals surface area contributed by atoms with Gasteiger partial charge >= 0.3 is 0 Å². The normalized spacial score (nSPS) is 11.2. The fourth-order valence-electron chi connectivity index (χ4n) is 3.02. The Morgan fingerprint density at radius 2 is 2.00 bits per heavy atom. The number of nitrogens with zero attached hydrogens (tertiary/aromatic N) is 3. The zero-order valence-corrected chi connectivity index (χ0v) is 16.7. The number of nitrogens with one attached hydrogen (secondary N) is 3. The van der Waals surface area contributed by atoms with Gasteiger partial charge in [0.15, 0.2) is 5.69 Å². The van der Waals surface area contributed by atoms with Crippen molar-refractivity contribution in [1.29, 1.82) is 0 Å². The summed E-state index contributed by atoms with van der Waals surface area (Å²) in [6.07, 6.45) is 3.39. The van der Waals surface area contributed by atoms with E-state index in [1.807, 2.05) is 52.0 Å². The van der Waals surface area contributed by atoms with E-state index in [1.54, 1.807) is 12.4 Å². The molecule has 0 bridgehead atoms. The second-order valence-electron chi connectivity index (χ2n) is 7.17. The summed E-state index contributed by atoms with van der Waals surface area (Å²) in [7, 11) is 0. The first kappa shape index (κ1) is 18.7. The summed E-state index contributed by atoms with van der Waals surface area (Å²) in [5, 5.41) is 10.6. The van der Waals surface area contributed by atoms with Crippen LogP contribution in [0.3, 0.4) is 0 Å². The molecule has 0 saturated heterocycles. The van der Waals surface area contributed by atoms with Gasteiger partial charge in [-0.3, -0.25) is 9.89 Å². The number of aryl methyl sites for hydroxylation is 1. The first-order valence-electron chi connectivity index (χ1n) is 9.35. The van der Waals surface area contributed by atoms with Crippen molar-refractivity contribution < 1.29 is 9.53 Å². The van der Waals surface area contributed by atoms with Crippen molar-refractivity contribution >= 4 is 22.6 Å². The van der Waals surface area contributed by atoms with Gasteiger partial charge in [-0.25, -0.2) is 9.97 Å². The van der Waals surface area contributed by atoms with Crippen LogP contribution in [0.25, 0.3) is 22.3 Å². The van der Waals surface area contributed by atoms with Crippen molar-refractivity contribution in [3.05, 3.63) is 53.6 Å². The Morgan fingerprint density at radius 1 is 1.17 bits per heavy atom. The predicted molar refractivity (Wildman–Crippen MR) is 111 cm³/mol. The van der Waals surface area contributed by atoms with Crippen LogP contribution in [0.2, 0.25) is 0 Å². The van der Waals surface area contributed by atoms with Crippen LogP contribution in [0.1, 0.15) is 35.6 Å². The van der Waals surface area contributed by atoms with Gasteiger partial charge in [-0.1, -0.05) is 0 Å². The highest BCUT2D eigenvalue weighted by Gasteiger charge is 2.15. The van der Waals surface area contributed by atoms with E-state index < -0.39 is 0 Å². The molecule has 29 heavy (non-hydrogen) atoms. The van der Waals surface area contributed by atoms with Crippen LogP contribution in [-0.2, 0) is 0 Å². The minimum atomic E-state index is -0.270. The van der Waals surface area contributed by atoms with Crippen molar-refractivity contribution in [3.8, 4) is 17.1 Å². The Hall–Kier alpha value is -3.68. The summed E-state index contributed by atoms with van der Waals surface area (Å²) in [4.78, 5) is 24.4. The lowest BCUT2D eigenvalue weighted by Crippen LogP contribution is -2.13. The smallest absolute Gasteiger partial charge is 0.276 e. The summed E-state index contributed by atoms with van der Waals surface area (Å²) in [6.45, 7) is 7.66. The molecule has 0 unspecified atom stereocenters. The van der Waals surface area contributed by atoms with Gasteiger partial charge in [-0.05, 0) is 45.9 Å². The van der Waals surface area contributed by atoms with E-state index in [2.05, 4.69) is 30.5 Å². The number of hydrogen-bond acceptors (Lipinski definition) is 5. The Balaban J connectivity index is 1.59. The second kappa shape index (κ2) is 7.38. The molecular formula is C21H22N6O2. The number of aromatic amines is 2. The van der Waals surface area contributed by atoms with Crippen LogP contribution >= 0.6 is 0 Å². The van der Waals surface area contributed by atoms with Gasteiger partial charge in [-0.15, -0.1) is 0 Å². The second-order valence-corrected chi connectivity index (χ2v) is 7.17. The summed E-state index contributed by atoms with van der Waals surface area (Å²) in [6, 6.07) is 7.65. The van der Waals surface area contributed by atoms with Crippen LogP contribution in [0, 0.1) is 13.8 Å². The number of rotatable bonds is 5. The summed E-state index contributed by atoms with van der Waals surface area (Å²) in [5.41, 5.74) is 5.26. The Morgan fingerprint density at radius 3 is 2.72 bits per heavy atom. The van der Waals surface area contributed by atoms with Gasteiger partial charge in [0.25, 0.3) is 5.91 Å². The number of anilines is 1. The van der Waals surface area contributed by atoms with E-state index in [0.717, 1.165) is 33.5 Å². The molecular weight excluding hydrogens is 368 g/mol. The SMILES string of the molecule is Cc1[nH]nc(C(=O)Nc2cnc3[nH]c(-c4ccnc(OC(C)C)c4)cc3c2)c1C. The highest BCUT2D eigenvalue weighted by molar-refractivity contribution is 6.04. The highest BCUT2D eigenvalue weighted by atomic mass is 16.5. The maximum atomic E-state index is 12.5. The molecule has 4 aromatic rings. The van der Waals surface area contributed by atoms with E-state index in [9.17, 15) is 4.79 Å². The van der Waals surface area contributed by atoms with Crippen molar-refractivity contribution in [2.45, 2.75) is 33.8 Å². The molecule has 0 spiro atoms. The van der Waals surface area contributed by atoms with E-state index in [4.69, 9.17) is 4.74 Å². The van der Waals surface area contributed by atoms with Gasteiger partial charge in [0.2, 0.25) is 5.88 Å². The Labute approximate surface area is 167 Å².